The zero-order valence-corrected chi connectivity index (χ0v) is 17.7. The quantitative estimate of drug-likeness (QED) is 0.621. The van der Waals surface area contributed by atoms with E-state index in [4.69, 9.17) is 16.3 Å². The van der Waals surface area contributed by atoms with Crippen LogP contribution in [-0.4, -0.2) is 34.9 Å². The van der Waals surface area contributed by atoms with E-state index in [2.05, 4.69) is 78.8 Å². The SMILES string of the molecule is CCC[N+]1=C(/C=C2\OCCN2Cc2ccccc2)C(C)(C)c2cc(Cl)ccc21. The fourth-order valence-corrected chi connectivity index (χ4v) is 4.42. The maximum Gasteiger partial charge on any atom is 0.209 e. The van der Waals surface area contributed by atoms with Crippen LogP contribution in [0.5, 0.6) is 0 Å². The van der Waals surface area contributed by atoms with Gasteiger partial charge in [-0.3, -0.25) is 0 Å². The minimum absolute atomic E-state index is 0.118. The Balaban J connectivity index is 1.72. The fourth-order valence-electron chi connectivity index (χ4n) is 4.24. The Morgan fingerprint density at radius 3 is 2.71 bits per heavy atom. The van der Waals surface area contributed by atoms with Gasteiger partial charge in [0.15, 0.2) is 11.6 Å². The third kappa shape index (κ3) is 3.44. The lowest BCUT2D eigenvalue weighted by atomic mass is 9.81. The highest BCUT2D eigenvalue weighted by Gasteiger charge is 2.45. The van der Waals surface area contributed by atoms with Crippen LogP contribution in [0.1, 0.15) is 38.3 Å². The first-order valence-electron chi connectivity index (χ1n) is 10.1. The monoisotopic (exact) mass is 395 g/mol. The van der Waals surface area contributed by atoms with Gasteiger partial charge in [-0.1, -0.05) is 48.9 Å². The lowest BCUT2D eigenvalue weighted by Gasteiger charge is -2.20. The van der Waals surface area contributed by atoms with E-state index in [0.717, 1.165) is 43.6 Å². The molecule has 0 unspecified atom stereocenters. The van der Waals surface area contributed by atoms with Gasteiger partial charge in [0.05, 0.1) is 18.0 Å². The minimum Gasteiger partial charge on any atom is -0.477 e. The van der Waals surface area contributed by atoms with Gasteiger partial charge in [-0.2, -0.15) is 4.58 Å². The van der Waals surface area contributed by atoms with E-state index in [-0.39, 0.29) is 5.41 Å². The number of nitrogens with zero attached hydrogens (tertiary/aromatic N) is 2. The molecule has 0 amide bonds. The van der Waals surface area contributed by atoms with Crippen molar-refractivity contribution in [2.45, 2.75) is 39.2 Å². The third-order valence-electron chi connectivity index (χ3n) is 5.70. The van der Waals surface area contributed by atoms with E-state index in [1.807, 2.05) is 6.07 Å². The van der Waals surface area contributed by atoms with Crippen molar-refractivity contribution in [2.24, 2.45) is 0 Å². The van der Waals surface area contributed by atoms with E-state index in [1.165, 1.54) is 22.5 Å². The molecule has 1 fully saturated rings. The molecule has 0 saturated carbocycles. The molecule has 146 valence electrons. The van der Waals surface area contributed by atoms with Gasteiger partial charge >= 0.3 is 0 Å². The molecule has 2 aliphatic rings. The molecular formula is C24H28ClN2O+. The highest BCUT2D eigenvalue weighted by molar-refractivity contribution is 6.30. The van der Waals surface area contributed by atoms with E-state index in [1.54, 1.807) is 0 Å². The summed E-state index contributed by atoms with van der Waals surface area (Å²) in [6.07, 6.45) is 3.33. The second-order valence-electron chi connectivity index (χ2n) is 8.06. The molecular weight excluding hydrogens is 368 g/mol. The lowest BCUT2D eigenvalue weighted by molar-refractivity contribution is -0.437. The van der Waals surface area contributed by atoms with Crippen LogP contribution in [0.4, 0.5) is 5.69 Å². The van der Waals surface area contributed by atoms with Crippen molar-refractivity contribution in [2.75, 3.05) is 19.7 Å². The summed E-state index contributed by atoms with van der Waals surface area (Å²) in [6, 6.07) is 16.8. The summed E-state index contributed by atoms with van der Waals surface area (Å²) in [6.45, 7) is 10.3. The van der Waals surface area contributed by atoms with Crippen LogP contribution in [0.15, 0.2) is 60.5 Å². The number of allylic oxidation sites excluding steroid dienone is 1. The van der Waals surface area contributed by atoms with Crippen LogP contribution in [-0.2, 0) is 16.7 Å². The molecule has 0 radical (unpaired) electrons. The minimum atomic E-state index is -0.118. The molecule has 0 bridgehead atoms. The Labute approximate surface area is 172 Å². The van der Waals surface area contributed by atoms with Crippen LogP contribution >= 0.6 is 11.6 Å². The number of ether oxygens (including phenoxy) is 1. The average Bonchev–Trinajstić information content (AvgIpc) is 3.19. The van der Waals surface area contributed by atoms with E-state index in [0.29, 0.717) is 0 Å². The molecule has 0 aromatic heterocycles. The molecule has 0 N–H and O–H groups in total. The van der Waals surface area contributed by atoms with Crippen molar-refractivity contribution in [3.05, 3.63) is 76.6 Å². The van der Waals surface area contributed by atoms with Crippen molar-refractivity contribution >= 4 is 23.0 Å². The van der Waals surface area contributed by atoms with Crippen LogP contribution in [0, 0.1) is 0 Å². The number of hydrogen-bond acceptors (Lipinski definition) is 2. The predicted molar refractivity (Wildman–Crippen MR) is 115 cm³/mol. The Morgan fingerprint density at radius 2 is 1.96 bits per heavy atom. The summed E-state index contributed by atoms with van der Waals surface area (Å²) < 4.78 is 8.49. The first kappa shape index (κ1) is 19.1. The topological polar surface area (TPSA) is 15.5 Å². The second-order valence-corrected chi connectivity index (χ2v) is 8.50. The average molecular weight is 396 g/mol. The van der Waals surface area contributed by atoms with Gasteiger partial charge in [-0.15, -0.1) is 0 Å². The molecule has 28 heavy (non-hydrogen) atoms. The largest absolute Gasteiger partial charge is 0.477 e. The van der Waals surface area contributed by atoms with Crippen LogP contribution < -0.4 is 0 Å². The van der Waals surface area contributed by atoms with E-state index in [9.17, 15) is 0 Å². The molecule has 0 aliphatic carbocycles. The van der Waals surface area contributed by atoms with Gasteiger partial charge in [0.2, 0.25) is 5.69 Å². The van der Waals surface area contributed by atoms with Gasteiger partial charge < -0.3 is 9.64 Å². The number of benzene rings is 2. The number of hydrogen-bond donors (Lipinski definition) is 0. The Morgan fingerprint density at radius 1 is 1.18 bits per heavy atom. The van der Waals surface area contributed by atoms with Gasteiger partial charge in [-0.05, 0) is 31.5 Å². The summed E-state index contributed by atoms with van der Waals surface area (Å²) in [7, 11) is 0. The van der Waals surface area contributed by atoms with Gasteiger partial charge in [0, 0.05) is 29.6 Å². The van der Waals surface area contributed by atoms with E-state index >= 15 is 0 Å². The molecule has 4 heteroatoms. The second kappa shape index (κ2) is 7.63. The molecule has 0 spiro atoms. The zero-order valence-electron chi connectivity index (χ0n) is 16.9. The first-order chi connectivity index (χ1) is 13.5. The maximum atomic E-state index is 6.33. The third-order valence-corrected chi connectivity index (χ3v) is 5.94. The molecule has 2 aromatic carbocycles. The summed E-state index contributed by atoms with van der Waals surface area (Å²) in [5.74, 6) is 0.965. The summed E-state index contributed by atoms with van der Waals surface area (Å²) in [4.78, 5) is 2.33. The lowest BCUT2D eigenvalue weighted by Crippen LogP contribution is -2.29. The highest BCUT2D eigenvalue weighted by Crippen LogP contribution is 2.42. The Hall–Kier alpha value is -2.26. The predicted octanol–water partition coefficient (Wildman–Crippen LogP) is 5.50. The van der Waals surface area contributed by atoms with Crippen molar-refractivity contribution in [1.82, 2.24) is 4.90 Å². The van der Waals surface area contributed by atoms with Crippen molar-refractivity contribution in [3.63, 3.8) is 0 Å². The molecule has 4 rings (SSSR count). The van der Waals surface area contributed by atoms with E-state index < -0.39 is 0 Å². The molecule has 1 saturated heterocycles. The Bertz CT molecular complexity index is 931. The van der Waals surface area contributed by atoms with Gasteiger partial charge in [0.25, 0.3) is 0 Å². The number of fused-ring (bicyclic) bond motifs is 1. The van der Waals surface area contributed by atoms with Crippen LogP contribution in [0.25, 0.3) is 0 Å². The summed E-state index contributed by atoms with van der Waals surface area (Å²) in [5, 5.41) is 0.792. The highest BCUT2D eigenvalue weighted by atomic mass is 35.5. The molecule has 2 aliphatic heterocycles. The molecule has 3 nitrogen and oxygen atoms in total. The van der Waals surface area contributed by atoms with Gasteiger partial charge in [0.1, 0.15) is 13.2 Å². The standard InChI is InChI=1S/C24H28ClN2O/c1-4-12-27-21-11-10-19(25)15-20(21)24(2,3)22(27)16-23-26(13-14-28-23)17-18-8-6-5-7-9-18/h5-11,15-16H,4,12-14,17H2,1-3H3/q+1. The van der Waals surface area contributed by atoms with Crippen LogP contribution in [0.2, 0.25) is 5.02 Å². The summed E-state index contributed by atoms with van der Waals surface area (Å²) in [5.41, 5.74) is 5.01. The smallest absolute Gasteiger partial charge is 0.209 e. The Kier molecular flexibility index (Phi) is 5.20. The number of rotatable bonds is 5. The summed E-state index contributed by atoms with van der Waals surface area (Å²) >= 11 is 6.33. The number of halogens is 1. The van der Waals surface area contributed by atoms with Crippen molar-refractivity contribution in [3.8, 4) is 0 Å². The molecule has 2 aromatic rings. The van der Waals surface area contributed by atoms with Gasteiger partial charge in [-0.25, -0.2) is 0 Å². The fraction of sp³-hybridized carbons (Fsp3) is 0.375. The maximum absolute atomic E-state index is 6.33. The van der Waals surface area contributed by atoms with Crippen molar-refractivity contribution in [1.29, 1.82) is 0 Å². The van der Waals surface area contributed by atoms with Crippen LogP contribution in [0.3, 0.4) is 0 Å². The zero-order chi connectivity index (χ0) is 19.7. The molecule has 2 heterocycles. The van der Waals surface area contributed by atoms with Crippen molar-refractivity contribution < 1.29 is 9.31 Å². The first-order valence-corrected chi connectivity index (χ1v) is 10.5. The normalized spacial score (nSPS) is 19.3. The molecule has 0 atom stereocenters.